The van der Waals surface area contributed by atoms with E-state index in [2.05, 4.69) is 9.97 Å². The van der Waals surface area contributed by atoms with Crippen molar-refractivity contribution in [3.8, 4) is 5.88 Å². The van der Waals surface area contributed by atoms with Gasteiger partial charge in [0.05, 0.1) is 5.39 Å². The van der Waals surface area contributed by atoms with E-state index >= 15 is 0 Å². The van der Waals surface area contributed by atoms with E-state index < -0.39 is 0 Å². The molecule has 0 bridgehead atoms. The summed E-state index contributed by atoms with van der Waals surface area (Å²) in [5.74, 6) is 0.783. The molecule has 0 aliphatic heterocycles. The third-order valence-electron chi connectivity index (χ3n) is 2.92. The molecule has 0 radical (unpaired) electrons. The van der Waals surface area contributed by atoms with Crippen LogP contribution in [0.25, 0.3) is 16.3 Å². The number of nitrogens with two attached hydrogens (primary N) is 1. The summed E-state index contributed by atoms with van der Waals surface area (Å²) in [6, 6.07) is 12.1. The molecule has 3 aromatic rings. The lowest BCUT2D eigenvalue weighted by atomic mass is 10.2. The lowest BCUT2D eigenvalue weighted by Crippen LogP contribution is -2.00. The maximum Gasteiger partial charge on any atom is 0.227 e. The molecule has 0 spiro atoms. The quantitative estimate of drug-likeness (QED) is 0.798. The van der Waals surface area contributed by atoms with E-state index in [0.29, 0.717) is 12.5 Å². The van der Waals surface area contributed by atoms with E-state index in [9.17, 15) is 0 Å². The minimum Gasteiger partial charge on any atom is -0.473 e. The summed E-state index contributed by atoms with van der Waals surface area (Å²) in [5.41, 5.74) is 6.85. The lowest BCUT2D eigenvalue weighted by molar-refractivity contribution is 0.354. The zero-order valence-corrected chi connectivity index (χ0v) is 12.4. The number of nitrogen functional groups attached to an aromatic ring is 1. The van der Waals surface area contributed by atoms with Gasteiger partial charge in [0, 0.05) is 4.88 Å². The van der Waals surface area contributed by atoms with Gasteiger partial charge in [-0.3, -0.25) is 0 Å². The number of hydrogen-bond acceptors (Lipinski definition) is 5. The van der Waals surface area contributed by atoms with Gasteiger partial charge in [-0.1, -0.05) is 36.4 Å². The molecule has 2 heterocycles. The number of hydrogen-bond donors (Lipinski definition) is 1. The Labute approximate surface area is 126 Å². The second-order valence-corrected chi connectivity index (χ2v) is 5.82. The number of rotatable bonds is 4. The summed E-state index contributed by atoms with van der Waals surface area (Å²) < 4.78 is 5.72. The van der Waals surface area contributed by atoms with Gasteiger partial charge in [-0.05, 0) is 24.6 Å². The molecule has 21 heavy (non-hydrogen) atoms. The standard InChI is InChI=1S/C16H15N3OS/c1-11-10-13-14(18-16(17)19-15(13)21-11)20-9-5-8-12-6-3-2-4-7-12/h2-8,10H,9H2,1H3,(H2,17,18,19)/b8-5+. The first kappa shape index (κ1) is 13.6. The van der Waals surface area contributed by atoms with Crippen molar-refractivity contribution in [1.29, 1.82) is 0 Å². The topological polar surface area (TPSA) is 61.0 Å². The number of anilines is 1. The van der Waals surface area contributed by atoms with Crippen molar-refractivity contribution < 1.29 is 4.74 Å². The van der Waals surface area contributed by atoms with E-state index in [4.69, 9.17) is 10.5 Å². The van der Waals surface area contributed by atoms with Crippen LogP contribution >= 0.6 is 11.3 Å². The number of benzene rings is 1. The number of aromatic nitrogens is 2. The Bertz CT molecular complexity index is 781. The van der Waals surface area contributed by atoms with E-state index in [1.165, 1.54) is 0 Å². The molecule has 5 heteroatoms. The minimum absolute atomic E-state index is 0.242. The molecule has 0 saturated heterocycles. The van der Waals surface area contributed by atoms with Gasteiger partial charge in [0.1, 0.15) is 11.4 Å². The predicted octanol–water partition coefficient (Wildman–Crippen LogP) is 3.67. The summed E-state index contributed by atoms with van der Waals surface area (Å²) >= 11 is 1.59. The molecular formula is C16H15N3OS. The number of fused-ring (bicyclic) bond motifs is 1. The smallest absolute Gasteiger partial charge is 0.227 e. The predicted molar refractivity (Wildman–Crippen MR) is 87.5 cm³/mol. The van der Waals surface area contributed by atoms with E-state index in [1.54, 1.807) is 11.3 Å². The van der Waals surface area contributed by atoms with E-state index in [-0.39, 0.29) is 5.95 Å². The molecule has 0 saturated carbocycles. The maximum absolute atomic E-state index is 5.72. The van der Waals surface area contributed by atoms with Crippen LogP contribution in [0.4, 0.5) is 5.95 Å². The molecule has 2 aromatic heterocycles. The zero-order valence-electron chi connectivity index (χ0n) is 11.6. The monoisotopic (exact) mass is 297 g/mol. The molecule has 0 amide bonds. The highest BCUT2D eigenvalue weighted by atomic mass is 32.1. The van der Waals surface area contributed by atoms with E-state index in [0.717, 1.165) is 20.7 Å². The zero-order chi connectivity index (χ0) is 14.7. The number of aryl methyl sites for hydroxylation is 1. The maximum atomic E-state index is 5.72. The van der Waals surface area contributed by atoms with Crippen molar-refractivity contribution >= 4 is 33.6 Å². The van der Waals surface area contributed by atoms with Crippen LogP contribution in [0, 0.1) is 6.92 Å². The van der Waals surface area contributed by atoms with Crippen molar-refractivity contribution in [3.63, 3.8) is 0 Å². The Morgan fingerprint density at radius 2 is 2.05 bits per heavy atom. The molecule has 2 N–H and O–H groups in total. The molecule has 1 aromatic carbocycles. The van der Waals surface area contributed by atoms with Crippen LogP contribution in [0.15, 0.2) is 42.5 Å². The van der Waals surface area contributed by atoms with Crippen LogP contribution in [0.2, 0.25) is 0 Å². The molecule has 106 valence electrons. The van der Waals surface area contributed by atoms with Crippen molar-refractivity contribution in [2.75, 3.05) is 12.3 Å². The fraction of sp³-hybridized carbons (Fsp3) is 0.125. The Hall–Kier alpha value is -2.40. The van der Waals surface area contributed by atoms with Crippen molar-refractivity contribution in [1.82, 2.24) is 9.97 Å². The van der Waals surface area contributed by atoms with Crippen molar-refractivity contribution in [2.24, 2.45) is 0 Å². The molecule has 0 fully saturated rings. The first-order valence-electron chi connectivity index (χ1n) is 6.60. The number of thiophene rings is 1. The Balaban J connectivity index is 1.75. The minimum atomic E-state index is 0.242. The van der Waals surface area contributed by atoms with Gasteiger partial charge in [-0.2, -0.15) is 4.98 Å². The molecule has 0 unspecified atom stereocenters. The van der Waals surface area contributed by atoms with E-state index in [1.807, 2.05) is 55.5 Å². The summed E-state index contributed by atoms with van der Waals surface area (Å²) in [7, 11) is 0. The second-order valence-electron chi connectivity index (χ2n) is 4.59. The first-order valence-corrected chi connectivity index (χ1v) is 7.42. The van der Waals surface area contributed by atoms with Crippen molar-refractivity contribution in [3.05, 3.63) is 52.9 Å². The highest BCUT2D eigenvalue weighted by Crippen LogP contribution is 2.30. The van der Waals surface area contributed by atoms with Crippen LogP contribution in [-0.2, 0) is 0 Å². The number of nitrogens with zero attached hydrogens (tertiary/aromatic N) is 2. The summed E-state index contributed by atoms with van der Waals surface area (Å²) in [4.78, 5) is 10.4. The average molecular weight is 297 g/mol. The fourth-order valence-corrected chi connectivity index (χ4v) is 2.89. The highest BCUT2D eigenvalue weighted by Gasteiger charge is 2.09. The van der Waals surface area contributed by atoms with Gasteiger partial charge in [-0.25, -0.2) is 4.98 Å². The summed E-state index contributed by atoms with van der Waals surface area (Å²) in [5, 5.41) is 0.916. The molecular weight excluding hydrogens is 282 g/mol. The normalized spacial score (nSPS) is 11.3. The molecule has 4 nitrogen and oxygen atoms in total. The molecule has 3 rings (SSSR count). The molecule has 0 aliphatic carbocycles. The second kappa shape index (κ2) is 5.93. The fourth-order valence-electron chi connectivity index (χ4n) is 2.02. The Morgan fingerprint density at radius 3 is 2.86 bits per heavy atom. The Kier molecular flexibility index (Phi) is 3.83. The Morgan fingerprint density at radius 1 is 1.24 bits per heavy atom. The highest BCUT2D eigenvalue weighted by molar-refractivity contribution is 7.18. The van der Waals surface area contributed by atoms with Gasteiger partial charge >= 0.3 is 0 Å². The van der Waals surface area contributed by atoms with Gasteiger partial charge in [0.2, 0.25) is 11.8 Å². The largest absolute Gasteiger partial charge is 0.473 e. The third kappa shape index (κ3) is 3.20. The first-order chi connectivity index (χ1) is 10.2. The number of ether oxygens (including phenoxy) is 1. The van der Waals surface area contributed by atoms with Gasteiger partial charge in [0.25, 0.3) is 0 Å². The third-order valence-corrected chi connectivity index (χ3v) is 3.87. The molecule has 0 aliphatic rings. The van der Waals surface area contributed by atoms with Crippen LogP contribution in [-0.4, -0.2) is 16.6 Å². The van der Waals surface area contributed by atoms with Crippen LogP contribution < -0.4 is 10.5 Å². The van der Waals surface area contributed by atoms with Crippen LogP contribution in [0.1, 0.15) is 10.4 Å². The average Bonchev–Trinajstić information content (AvgIpc) is 2.84. The molecule has 0 atom stereocenters. The lowest BCUT2D eigenvalue weighted by Gasteiger charge is -2.04. The van der Waals surface area contributed by atoms with Crippen LogP contribution in [0.3, 0.4) is 0 Å². The van der Waals surface area contributed by atoms with Crippen molar-refractivity contribution in [2.45, 2.75) is 6.92 Å². The van der Waals surface area contributed by atoms with Gasteiger partial charge in [0.15, 0.2) is 0 Å². The summed E-state index contributed by atoms with van der Waals surface area (Å²) in [6.45, 7) is 2.47. The summed E-state index contributed by atoms with van der Waals surface area (Å²) in [6.07, 6.45) is 3.97. The van der Waals surface area contributed by atoms with Gasteiger partial charge < -0.3 is 10.5 Å². The van der Waals surface area contributed by atoms with Gasteiger partial charge in [-0.15, -0.1) is 11.3 Å². The van der Waals surface area contributed by atoms with Crippen LogP contribution in [0.5, 0.6) is 5.88 Å². The SMILES string of the molecule is Cc1cc2c(OC/C=C/c3ccccc3)nc(N)nc2s1.